The molecule has 0 bridgehead atoms. The van der Waals surface area contributed by atoms with E-state index < -0.39 is 15.9 Å². The van der Waals surface area contributed by atoms with Crippen LogP contribution in [-0.2, 0) is 4.74 Å². The zero-order chi connectivity index (χ0) is 13.1. The number of carbonyl (C=O) groups excluding carboxylic acids is 1. The van der Waals surface area contributed by atoms with Gasteiger partial charge in [-0.3, -0.25) is 4.79 Å². The van der Waals surface area contributed by atoms with Gasteiger partial charge in [0.05, 0.1) is 12.4 Å². The molecule has 1 heterocycles. The van der Waals surface area contributed by atoms with Crippen molar-refractivity contribution < 1.29 is 13.9 Å². The van der Waals surface area contributed by atoms with Crippen molar-refractivity contribution >= 4 is 40.7 Å². The fourth-order valence-electron chi connectivity index (χ4n) is 1.06. The molecule has 0 fully saturated rings. The summed E-state index contributed by atoms with van der Waals surface area (Å²) < 4.78 is 8.47. The number of amides is 1. The standard InChI is InChI=1S/C10H12Cl3NO3/c1-6(2)17-9(10(11,12)13)14-8(15)7-4-3-5-16-7/h3-6,9H,1-2H3,(H,14,15). The Kier molecular flexibility index (Phi) is 5.13. The van der Waals surface area contributed by atoms with Gasteiger partial charge in [-0.15, -0.1) is 0 Å². The van der Waals surface area contributed by atoms with Gasteiger partial charge in [0.25, 0.3) is 5.91 Å². The van der Waals surface area contributed by atoms with Crippen molar-refractivity contribution in [1.82, 2.24) is 5.32 Å². The molecule has 0 aromatic carbocycles. The molecular weight excluding hydrogens is 288 g/mol. The number of hydrogen-bond acceptors (Lipinski definition) is 3. The number of furan rings is 1. The number of ether oxygens (including phenoxy) is 1. The van der Waals surface area contributed by atoms with Crippen LogP contribution in [0.15, 0.2) is 22.8 Å². The second kappa shape index (κ2) is 5.96. The Bertz CT molecular complexity index is 359. The summed E-state index contributed by atoms with van der Waals surface area (Å²) in [4.78, 5) is 11.7. The van der Waals surface area contributed by atoms with Crippen LogP contribution in [0.3, 0.4) is 0 Å². The van der Waals surface area contributed by atoms with Gasteiger partial charge in [-0.05, 0) is 26.0 Å². The fourth-order valence-corrected chi connectivity index (χ4v) is 1.38. The van der Waals surface area contributed by atoms with Crippen molar-refractivity contribution in [2.45, 2.75) is 30.0 Å². The van der Waals surface area contributed by atoms with E-state index in [0.29, 0.717) is 0 Å². The quantitative estimate of drug-likeness (QED) is 0.686. The predicted octanol–water partition coefficient (Wildman–Crippen LogP) is 3.13. The molecule has 0 saturated carbocycles. The van der Waals surface area contributed by atoms with Crippen molar-refractivity contribution in [2.75, 3.05) is 0 Å². The summed E-state index contributed by atoms with van der Waals surface area (Å²) in [6, 6.07) is 3.09. The minimum Gasteiger partial charge on any atom is -0.459 e. The highest BCUT2D eigenvalue weighted by Crippen LogP contribution is 2.31. The Balaban J connectivity index is 2.70. The summed E-state index contributed by atoms with van der Waals surface area (Å²) in [5.74, 6) is -0.386. The van der Waals surface area contributed by atoms with Crippen molar-refractivity contribution in [3.63, 3.8) is 0 Å². The first-order valence-electron chi connectivity index (χ1n) is 4.87. The first kappa shape index (κ1) is 14.6. The molecule has 1 N–H and O–H groups in total. The molecular formula is C10H12Cl3NO3. The second-order valence-electron chi connectivity index (χ2n) is 3.56. The molecule has 0 saturated heterocycles. The van der Waals surface area contributed by atoms with Crippen LogP contribution in [0.4, 0.5) is 0 Å². The largest absolute Gasteiger partial charge is 0.459 e. The molecule has 96 valence electrons. The average Bonchev–Trinajstić information content (AvgIpc) is 2.66. The molecule has 4 nitrogen and oxygen atoms in total. The Morgan fingerprint density at radius 1 is 1.47 bits per heavy atom. The molecule has 1 aromatic rings. The normalized spacial score (nSPS) is 13.8. The Morgan fingerprint density at radius 2 is 2.12 bits per heavy atom. The summed E-state index contributed by atoms with van der Waals surface area (Å²) in [5.41, 5.74) is 0. The van der Waals surface area contributed by atoms with Crippen molar-refractivity contribution in [3.05, 3.63) is 24.2 Å². The third-order valence-electron chi connectivity index (χ3n) is 1.71. The maximum Gasteiger partial charge on any atom is 0.289 e. The predicted molar refractivity (Wildman–Crippen MR) is 66.5 cm³/mol. The fraction of sp³-hybridized carbons (Fsp3) is 0.500. The first-order valence-corrected chi connectivity index (χ1v) is 6.00. The summed E-state index contributed by atoms with van der Waals surface area (Å²) in [6.45, 7) is 3.53. The van der Waals surface area contributed by atoms with Crippen molar-refractivity contribution in [1.29, 1.82) is 0 Å². The van der Waals surface area contributed by atoms with E-state index in [-0.39, 0.29) is 11.9 Å². The highest BCUT2D eigenvalue weighted by Gasteiger charge is 2.36. The van der Waals surface area contributed by atoms with E-state index in [0.717, 1.165) is 0 Å². The number of hydrogen-bond donors (Lipinski definition) is 1. The number of halogens is 3. The molecule has 17 heavy (non-hydrogen) atoms. The monoisotopic (exact) mass is 299 g/mol. The summed E-state index contributed by atoms with van der Waals surface area (Å²) in [7, 11) is 0. The smallest absolute Gasteiger partial charge is 0.289 e. The van der Waals surface area contributed by atoms with E-state index in [2.05, 4.69) is 5.32 Å². The van der Waals surface area contributed by atoms with Gasteiger partial charge in [0.2, 0.25) is 3.79 Å². The maximum absolute atomic E-state index is 11.7. The minimum atomic E-state index is -1.76. The van der Waals surface area contributed by atoms with Gasteiger partial charge in [-0.25, -0.2) is 0 Å². The highest BCUT2D eigenvalue weighted by atomic mass is 35.6. The molecule has 1 unspecified atom stereocenters. The van der Waals surface area contributed by atoms with Gasteiger partial charge in [-0.2, -0.15) is 0 Å². The third kappa shape index (κ3) is 4.76. The van der Waals surface area contributed by atoms with E-state index >= 15 is 0 Å². The Hall–Kier alpha value is -0.420. The third-order valence-corrected chi connectivity index (χ3v) is 2.31. The van der Waals surface area contributed by atoms with Gasteiger partial charge in [0.15, 0.2) is 12.0 Å². The molecule has 0 aliphatic heterocycles. The summed E-state index contributed by atoms with van der Waals surface area (Å²) in [6.07, 6.45) is 0.125. The molecule has 1 atom stereocenters. The van der Waals surface area contributed by atoms with E-state index in [1.54, 1.807) is 19.9 Å². The molecule has 1 rings (SSSR count). The van der Waals surface area contributed by atoms with E-state index in [4.69, 9.17) is 44.0 Å². The van der Waals surface area contributed by atoms with Crippen LogP contribution in [-0.4, -0.2) is 22.0 Å². The lowest BCUT2D eigenvalue weighted by Gasteiger charge is -2.26. The van der Waals surface area contributed by atoms with Crippen LogP contribution in [0.25, 0.3) is 0 Å². The second-order valence-corrected chi connectivity index (χ2v) is 5.93. The van der Waals surface area contributed by atoms with E-state index in [1.165, 1.54) is 12.3 Å². The summed E-state index contributed by atoms with van der Waals surface area (Å²) in [5, 5.41) is 2.44. The van der Waals surface area contributed by atoms with Gasteiger partial charge in [-0.1, -0.05) is 34.8 Å². The Labute approximate surface area is 114 Å². The van der Waals surface area contributed by atoms with Gasteiger partial charge in [0.1, 0.15) is 0 Å². The van der Waals surface area contributed by atoms with Crippen molar-refractivity contribution in [3.8, 4) is 0 Å². The number of alkyl halides is 3. The van der Waals surface area contributed by atoms with Crippen LogP contribution in [0.5, 0.6) is 0 Å². The SMILES string of the molecule is CC(C)OC(NC(=O)c1ccco1)C(Cl)(Cl)Cl. The van der Waals surface area contributed by atoms with Gasteiger partial charge < -0.3 is 14.5 Å². The molecule has 0 aliphatic rings. The lowest BCUT2D eigenvalue weighted by molar-refractivity contribution is -0.00734. The number of carbonyl (C=O) groups is 1. The minimum absolute atomic E-state index is 0.122. The summed E-state index contributed by atoms with van der Waals surface area (Å²) >= 11 is 17.1. The molecule has 1 amide bonds. The molecule has 0 spiro atoms. The molecule has 0 aliphatic carbocycles. The number of rotatable bonds is 4. The van der Waals surface area contributed by atoms with Crippen LogP contribution < -0.4 is 5.32 Å². The maximum atomic E-state index is 11.7. The van der Waals surface area contributed by atoms with Crippen LogP contribution in [0.1, 0.15) is 24.4 Å². The molecule has 1 aromatic heterocycles. The lowest BCUT2D eigenvalue weighted by Crippen LogP contribution is -2.46. The zero-order valence-corrected chi connectivity index (χ0v) is 11.5. The highest BCUT2D eigenvalue weighted by molar-refractivity contribution is 6.68. The van der Waals surface area contributed by atoms with Crippen LogP contribution in [0.2, 0.25) is 0 Å². The number of nitrogens with one attached hydrogen (secondary N) is 1. The van der Waals surface area contributed by atoms with Gasteiger partial charge >= 0.3 is 0 Å². The zero-order valence-electron chi connectivity index (χ0n) is 9.25. The van der Waals surface area contributed by atoms with E-state index in [1.807, 2.05) is 0 Å². The average molecular weight is 301 g/mol. The Morgan fingerprint density at radius 3 is 2.53 bits per heavy atom. The topological polar surface area (TPSA) is 51.5 Å². The molecule has 7 heteroatoms. The van der Waals surface area contributed by atoms with E-state index in [9.17, 15) is 4.79 Å². The molecule has 0 radical (unpaired) electrons. The van der Waals surface area contributed by atoms with Crippen molar-refractivity contribution in [2.24, 2.45) is 0 Å². The van der Waals surface area contributed by atoms with Gasteiger partial charge in [0, 0.05) is 0 Å². The van der Waals surface area contributed by atoms with Crippen LogP contribution in [0, 0.1) is 0 Å². The van der Waals surface area contributed by atoms with Crippen LogP contribution >= 0.6 is 34.8 Å². The lowest BCUT2D eigenvalue weighted by atomic mass is 10.4. The first-order chi connectivity index (χ1) is 7.80.